The zero-order valence-electron chi connectivity index (χ0n) is 16.8. The van der Waals surface area contributed by atoms with Crippen LogP contribution in [0, 0.1) is 0 Å². The topological polar surface area (TPSA) is 56.2 Å². The van der Waals surface area contributed by atoms with Gasteiger partial charge in [-0.05, 0) is 43.5 Å². The summed E-state index contributed by atoms with van der Waals surface area (Å²) in [6.07, 6.45) is 2.97. The van der Waals surface area contributed by atoms with Crippen molar-refractivity contribution < 1.29 is 4.42 Å². The number of para-hydroxylation sites is 4. The first-order valence-electron chi connectivity index (χ1n) is 10.5. The Morgan fingerprint density at radius 1 is 1.03 bits per heavy atom. The number of fused-ring (bicyclic) bond motifs is 2. The molecule has 0 atom stereocenters. The minimum absolute atomic E-state index is 0.192. The third kappa shape index (κ3) is 3.27. The minimum Gasteiger partial charge on any atom is -0.408 e. The lowest BCUT2D eigenvalue weighted by Gasteiger charge is -2.32. The molecule has 4 aromatic rings. The highest BCUT2D eigenvalue weighted by atomic mass is 16.4. The van der Waals surface area contributed by atoms with E-state index in [1.807, 2.05) is 34.9 Å². The first kappa shape index (κ1) is 18.2. The van der Waals surface area contributed by atoms with Gasteiger partial charge in [-0.2, -0.15) is 0 Å². The Morgan fingerprint density at radius 2 is 1.76 bits per heavy atom. The van der Waals surface area contributed by atoms with E-state index >= 15 is 0 Å². The van der Waals surface area contributed by atoms with Crippen LogP contribution in [0.15, 0.2) is 57.7 Å². The van der Waals surface area contributed by atoms with Gasteiger partial charge in [0.15, 0.2) is 5.58 Å². The third-order valence-corrected chi connectivity index (χ3v) is 5.99. The average molecular weight is 390 g/mol. The largest absolute Gasteiger partial charge is 0.420 e. The van der Waals surface area contributed by atoms with Crippen molar-refractivity contribution in [2.24, 2.45) is 0 Å². The Labute approximate surface area is 169 Å². The van der Waals surface area contributed by atoms with Crippen molar-refractivity contribution >= 4 is 22.1 Å². The Morgan fingerprint density at radius 3 is 2.55 bits per heavy atom. The van der Waals surface area contributed by atoms with Crippen LogP contribution in [0.4, 0.5) is 0 Å². The summed E-state index contributed by atoms with van der Waals surface area (Å²) in [5, 5.41) is 0. The molecule has 1 aliphatic rings. The van der Waals surface area contributed by atoms with E-state index in [1.165, 1.54) is 5.52 Å². The number of piperidine rings is 1. The van der Waals surface area contributed by atoms with Gasteiger partial charge in [0.25, 0.3) is 0 Å². The van der Waals surface area contributed by atoms with E-state index in [2.05, 4.69) is 34.6 Å². The zero-order chi connectivity index (χ0) is 19.8. The fraction of sp³-hybridized carbons (Fsp3) is 0.391. The van der Waals surface area contributed by atoms with Gasteiger partial charge in [0, 0.05) is 25.7 Å². The summed E-state index contributed by atoms with van der Waals surface area (Å²) < 4.78 is 9.63. The van der Waals surface area contributed by atoms with Crippen LogP contribution in [0.3, 0.4) is 0 Å². The summed E-state index contributed by atoms with van der Waals surface area (Å²) in [4.78, 5) is 19.8. The maximum atomic E-state index is 12.4. The van der Waals surface area contributed by atoms with Crippen LogP contribution < -0.4 is 5.76 Å². The Hall–Kier alpha value is -2.86. The van der Waals surface area contributed by atoms with Gasteiger partial charge in [0.2, 0.25) is 0 Å². The van der Waals surface area contributed by atoms with E-state index in [0.717, 1.165) is 62.3 Å². The molecule has 0 spiro atoms. The second-order valence-electron chi connectivity index (χ2n) is 7.88. The molecule has 0 N–H and O–H groups in total. The third-order valence-electron chi connectivity index (χ3n) is 5.99. The lowest BCUT2D eigenvalue weighted by Crippen LogP contribution is -2.36. The predicted molar refractivity (Wildman–Crippen MR) is 114 cm³/mol. The van der Waals surface area contributed by atoms with E-state index in [-0.39, 0.29) is 11.8 Å². The molecule has 6 nitrogen and oxygen atoms in total. The van der Waals surface area contributed by atoms with Crippen LogP contribution in [0.25, 0.3) is 22.1 Å². The number of aryl methyl sites for hydroxylation is 1. The van der Waals surface area contributed by atoms with Crippen LogP contribution in [0.5, 0.6) is 0 Å². The molecule has 2 aromatic heterocycles. The normalized spacial score (nSPS) is 16.2. The Bertz CT molecular complexity index is 1190. The van der Waals surface area contributed by atoms with Gasteiger partial charge in [-0.25, -0.2) is 9.78 Å². The van der Waals surface area contributed by atoms with Gasteiger partial charge in [-0.3, -0.25) is 9.47 Å². The molecule has 0 aliphatic carbocycles. The van der Waals surface area contributed by atoms with Crippen molar-refractivity contribution in [2.75, 3.05) is 13.1 Å². The second-order valence-corrected chi connectivity index (χ2v) is 7.88. The summed E-state index contributed by atoms with van der Waals surface area (Å²) >= 11 is 0. The molecule has 29 heavy (non-hydrogen) atoms. The molecule has 6 heteroatoms. The van der Waals surface area contributed by atoms with E-state index in [4.69, 9.17) is 9.40 Å². The number of hydrogen-bond acceptors (Lipinski definition) is 4. The predicted octanol–water partition coefficient (Wildman–Crippen LogP) is 4.19. The summed E-state index contributed by atoms with van der Waals surface area (Å²) in [6, 6.07) is 16.3. The minimum atomic E-state index is -0.241. The highest BCUT2D eigenvalue weighted by Crippen LogP contribution is 2.27. The first-order valence-corrected chi connectivity index (χ1v) is 10.5. The first-order chi connectivity index (χ1) is 14.2. The summed E-state index contributed by atoms with van der Waals surface area (Å²) in [5.41, 5.74) is 3.87. The van der Waals surface area contributed by atoms with Crippen LogP contribution in [0.1, 0.15) is 38.1 Å². The van der Waals surface area contributed by atoms with Gasteiger partial charge in [-0.1, -0.05) is 31.2 Å². The van der Waals surface area contributed by atoms with Gasteiger partial charge < -0.3 is 8.98 Å². The molecule has 0 amide bonds. The van der Waals surface area contributed by atoms with E-state index in [9.17, 15) is 4.79 Å². The van der Waals surface area contributed by atoms with Gasteiger partial charge >= 0.3 is 5.76 Å². The lowest BCUT2D eigenvalue weighted by molar-refractivity contribution is 0.172. The fourth-order valence-corrected chi connectivity index (χ4v) is 4.58. The molecule has 1 fully saturated rings. The fourth-order valence-electron chi connectivity index (χ4n) is 4.58. The van der Waals surface area contributed by atoms with Crippen molar-refractivity contribution in [3.8, 4) is 0 Å². The highest BCUT2D eigenvalue weighted by molar-refractivity contribution is 5.76. The molecule has 150 valence electrons. The number of likely N-dealkylation sites (tertiary alicyclic amines) is 1. The van der Waals surface area contributed by atoms with E-state index in [0.29, 0.717) is 5.58 Å². The molecule has 0 unspecified atom stereocenters. The molecular weight excluding hydrogens is 364 g/mol. The quantitative estimate of drug-likeness (QED) is 0.513. The van der Waals surface area contributed by atoms with Crippen molar-refractivity contribution in [3.63, 3.8) is 0 Å². The highest BCUT2D eigenvalue weighted by Gasteiger charge is 2.25. The molecule has 0 bridgehead atoms. The van der Waals surface area contributed by atoms with Gasteiger partial charge in [0.1, 0.15) is 5.82 Å². The number of imidazole rings is 1. The molecule has 2 aromatic carbocycles. The van der Waals surface area contributed by atoms with Crippen molar-refractivity contribution in [1.82, 2.24) is 19.0 Å². The number of benzene rings is 2. The number of oxazole rings is 1. The van der Waals surface area contributed by atoms with Crippen LogP contribution in [0.2, 0.25) is 0 Å². The number of nitrogens with zero attached hydrogens (tertiary/aromatic N) is 4. The summed E-state index contributed by atoms with van der Waals surface area (Å²) in [6.45, 7) is 5.94. The number of rotatable bonds is 5. The number of hydrogen-bond donors (Lipinski definition) is 0. The lowest BCUT2D eigenvalue weighted by atomic mass is 10.0. The van der Waals surface area contributed by atoms with Crippen LogP contribution in [-0.4, -0.2) is 32.1 Å². The van der Waals surface area contributed by atoms with Crippen molar-refractivity contribution in [3.05, 3.63) is 64.9 Å². The smallest absolute Gasteiger partial charge is 0.408 e. The van der Waals surface area contributed by atoms with E-state index in [1.54, 1.807) is 0 Å². The summed E-state index contributed by atoms with van der Waals surface area (Å²) in [5.74, 6) is 0.895. The Kier molecular flexibility index (Phi) is 4.72. The van der Waals surface area contributed by atoms with Gasteiger partial charge in [0.05, 0.1) is 23.1 Å². The molecule has 1 saturated heterocycles. The van der Waals surface area contributed by atoms with Gasteiger partial charge in [-0.15, -0.1) is 0 Å². The zero-order valence-corrected chi connectivity index (χ0v) is 16.8. The molecule has 3 heterocycles. The van der Waals surface area contributed by atoms with Crippen LogP contribution >= 0.6 is 0 Å². The SMILES string of the molecule is CCCn1c(CN2CCC(n3c(=O)oc4ccccc43)CC2)nc2ccccc21. The molecule has 0 radical (unpaired) electrons. The maximum absolute atomic E-state index is 12.4. The maximum Gasteiger partial charge on any atom is 0.420 e. The average Bonchev–Trinajstić information content (AvgIpc) is 3.26. The van der Waals surface area contributed by atoms with E-state index < -0.39 is 0 Å². The monoisotopic (exact) mass is 390 g/mol. The number of aromatic nitrogens is 3. The second kappa shape index (κ2) is 7.52. The Balaban J connectivity index is 1.34. The molecule has 1 aliphatic heterocycles. The molecule has 0 saturated carbocycles. The van der Waals surface area contributed by atoms with Crippen molar-refractivity contribution in [1.29, 1.82) is 0 Å². The van der Waals surface area contributed by atoms with Crippen LogP contribution in [-0.2, 0) is 13.1 Å². The summed E-state index contributed by atoms with van der Waals surface area (Å²) in [7, 11) is 0. The van der Waals surface area contributed by atoms with Crippen molar-refractivity contribution in [2.45, 2.75) is 45.3 Å². The standard InChI is InChI=1S/C23H26N4O2/c1-2-13-26-19-8-4-3-7-18(19)24-22(26)16-25-14-11-17(12-15-25)27-20-9-5-6-10-21(20)29-23(27)28/h3-10,17H,2,11-16H2,1H3. The molecule has 5 rings (SSSR count). The molecular formula is C23H26N4O2.